The summed E-state index contributed by atoms with van der Waals surface area (Å²) >= 11 is 5.82. The van der Waals surface area contributed by atoms with Crippen LogP contribution in [0.25, 0.3) is 11.2 Å². The number of unbranched alkanes of at least 4 members (excludes halogenated alkanes) is 1. The molecule has 186 valence electrons. The summed E-state index contributed by atoms with van der Waals surface area (Å²) in [6, 6.07) is 0. The molecule has 0 spiro atoms. The highest BCUT2D eigenvalue weighted by Gasteiger charge is 2.38. The minimum Gasteiger partial charge on any atom is -0.382 e. The number of ether oxygens (including phenoxy) is 2. The van der Waals surface area contributed by atoms with Crippen LogP contribution in [0.5, 0.6) is 0 Å². The van der Waals surface area contributed by atoms with Crippen molar-refractivity contribution in [2.24, 2.45) is 0 Å². The maximum atomic E-state index is 14.0. The highest BCUT2D eigenvalue weighted by atomic mass is 35.5. The van der Waals surface area contributed by atoms with Gasteiger partial charge in [0.25, 0.3) is 7.52 Å². The molecule has 2 aromatic heterocycles. The van der Waals surface area contributed by atoms with Gasteiger partial charge in [-0.3, -0.25) is 4.57 Å². The molecule has 0 radical (unpaired) electrons. The second-order valence-electron chi connectivity index (χ2n) is 7.84. The van der Waals surface area contributed by atoms with Crippen molar-refractivity contribution in [2.45, 2.75) is 44.6 Å². The minimum atomic E-state index is -3.27. The highest BCUT2D eigenvalue weighted by Crippen LogP contribution is 2.53. The quantitative estimate of drug-likeness (QED) is 0.174. The number of imidazole rings is 1. The fraction of sp³-hybridized carbons (Fsp3) is 0.737. The molecule has 1 aliphatic rings. The maximum absolute atomic E-state index is 14.0. The van der Waals surface area contributed by atoms with E-state index in [1.54, 1.807) is 39.7 Å². The number of hydrogen-bond acceptors (Lipinski definition) is 10. The first-order chi connectivity index (χ1) is 15.9. The van der Waals surface area contributed by atoms with E-state index in [0.29, 0.717) is 41.7 Å². The first kappa shape index (κ1) is 27.0. The number of nitrogens with zero attached hydrogens (tertiary/aromatic N) is 5. The Labute approximate surface area is 207 Å². The molecule has 1 fully saturated rings. The van der Waals surface area contributed by atoms with E-state index >= 15 is 0 Å². The van der Waals surface area contributed by atoms with E-state index in [-0.39, 0.29) is 24.7 Å². The fourth-order valence-electron chi connectivity index (χ4n) is 3.36. The Bertz CT molecular complexity index is 941. The molecule has 0 aliphatic carbocycles. The number of methoxy groups -OCH3 is 1. The Balaban J connectivity index is 1.67. The van der Waals surface area contributed by atoms with Gasteiger partial charge < -0.3 is 24.3 Å². The second kappa shape index (κ2) is 12.9. The Hall–Kier alpha value is -0.590. The van der Waals surface area contributed by atoms with Gasteiger partial charge in [-0.25, -0.2) is 19.6 Å². The molecule has 3 rings (SSSR count). The van der Waals surface area contributed by atoms with Gasteiger partial charge in [-0.15, -0.1) is 11.6 Å². The van der Waals surface area contributed by atoms with Gasteiger partial charge in [0.05, 0.1) is 25.1 Å². The fourth-order valence-corrected chi connectivity index (χ4v) is 8.06. The monoisotopic (exact) mass is 538 g/mol. The Morgan fingerprint density at radius 1 is 1.30 bits per heavy atom. The lowest BCUT2D eigenvalue weighted by molar-refractivity contribution is 0.0160. The van der Waals surface area contributed by atoms with Crippen LogP contribution >= 0.6 is 40.7 Å². The summed E-state index contributed by atoms with van der Waals surface area (Å²) in [5, 5.41) is 0. The summed E-state index contributed by atoms with van der Waals surface area (Å²) in [7, 11) is 3.65. The third kappa shape index (κ3) is 7.20. The summed E-state index contributed by atoms with van der Waals surface area (Å²) in [5.74, 6) is 2.40. The van der Waals surface area contributed by atoms with Crippen LogP contribution in [-0.2, 0) is 25.1 Å². The lowest BCUT2D eigenvalue weighted by Crippen LogP contribution is -2.38. The number of halogens is 1. The SMILES string of the molecule is CO[C@@H]1CSSCC1OP(=O)(CO[C@H](C)Cn1cnc2c(N)ncnc21)N(C)CCCCCl. The van der Waals surface area contributed by atoms with E-state index in [0.717, 1.165) is 18.6 Å². The van der Waals surface area contributed by atoms with Crippen LogP contribution in [0.3, 0.4) is 0 Å². The summed E-state index contributed by atoms with van der Waals surface area (Å²) in [4.78, 5) is 12.5. The lowest BCUT2D eigenvalue weighted by atomic mass is 10.2. The molecule has 0 bridgehead atoms. The van der Waals surface area contributed by atoms with Crippen molar-refractivity contribution in [3.05, 3.63) is 12.7 Å². The summed E-state index contributed by atoms with van der Waals surface area (Å²) in [6.07, 6.45) is 4.07. The molecule has 2 unspecified atom stereocenters. The first-order valence-electron chi connectivity index (χ1n) is 10.7. The van der Waals surface area contributed by atoms with Gasteiger partial charge in [0, 0.05) is 31.0 Å². The van der Waals surface area contributed by atoms with Crippen molar-refractivity contribution in [1.29, 1.82) is 0 Å². The van der Waals surface area contributed by atoms with Crippen LogP contribution < -0.4 is 5.73 Å². The molecule has 14 heteroatoms. The number of nitrogen functional groups attached to an aromatic ring is 1. The summed E-state index contributed by atoms with van der Waals surface area (Å²) < 4.78 is 35.6. The molecular formula is C19H32ClN6O4PS2. The maximum Gasteiger partial charge on any atom is 0.297 e. The lowest BCUT2D eigenvalue weighted by Gasteiger charge is -2.36. The predicted octanol–water partition coefficient (Wildman–Crippen LogP) is 3.71. The molecule has 2 N–H and O–H groups in total. The average Bonchev–Trinajstić information content (AvgIpc) is 3.22. The smallest absolute Gasteiger partial charge is 0.297 e. The summed E-state index contributed by atoms with van der Waals surface area (Å²) in [5.41, 5.74) is 7.06. The molecule has 0 aromatic carbocycles. The van der Waals surface area contributed by atoms with Gasteiger partial charge in [0.2, 0.25) is 0 Å². The van der Waals surface area contributed by atoms with Gasteiger partial charge in [-0.1, -0.05) is 21.6 Å². The zero-order chi connectivity index (χ0) is 23.8. The number of fused-ring (bicyclic) bond motifs is 1. The van der Waals surface area contributed by atoms with Crippen LogP contribution in [0.4, 0.5) is 5.82 Å². The molecule has 0 saturated carbocycles. The van der Waals surface area contributed by atoms with Gasteiger partial charge >= 0.3 is 0 Å². The first-order valence-corrected chi connectivity index (χ1v) is 15.5. The molecule has 4 atom stereocenters. The second-order valence-corrected chi connectivity index (χ2v) is 13.2. The van der Waals surface area contributed by atoms with Crippen LogP contribution in [0.1, 0.15) is 19.8 Å². The molecule has 10 nitrogen and oxygen atoms in total. The van der Waals surface area contributed by atoms with Crippen LogP contribution in [0, 0.1) is 0 Å². The Morgan fingerprint density at radius 2 is 2.06 bits per heavy atom. The van der Waals surface area contributed by atoms with Crippen molar-refractivity contribution >= 4 is 57.7 Å². The number of rotatable bonds is 13. The molecular weight excluding hydrogens is 507 g/mol. The molecule has 3 heterocycles. The van der Waals surface area contributed by atoms with Crippen molar-refractivity contribution in [3.8, 4) is 0 Å². The third-order valence-corrected chi connectivity index (χ3v) is 10.4. The van der Waals surface area contributed by atoms with Gasteiger partial charge in [0.1, 0.15) is 24.3 Å². The Morgan fingerprint density at radius 3 is 2.79 bits per heavy atom. The van der Waals surface area contributed by atoms with Crippen molar-refractivity contribution in [2.75, 3.05) is 50.2 Å². The van der Waals surface area contributed by atoms with E-state index in [1.165, 1.54) is 6.33 Å². The number of nitrogens with two attached hydrogens (primary N) is 1. The molecule has 1 saturated heterocycles. The van der Waals surface area contributed by atoms with Crippen LogP contribution in [0.15, 0.2) is 12.7 Å². The standard InChI is InChI=1S/C19H32ClN6O4PS2/c1-14(8-26-12-24-17-18(21)22-11-23-19(17)26)29-13-31(27,25(2)7-5-4-6-20)30-16-10-33-32-9-15(16)28-3/h11-12,14-16H,4-10,13H2,1-3H3,(H2,21,22,23)/t14-,15-,16?,31?/m1/s1. The van der Waals surface area contributed by atoms with E-state index in [1.807, 2.05) is 18.5 Å². The third-order valence-electron chi connectivity index (χ3n) is 5.36. The van der Waals surface area contributed by atoms with Crippen molar-refractivity contribution < 1.29 is 18.6 Å². The highest BCUT2D eigenvalue weighted by molar-refractivity contribution is 8.76. The van der Waals surface area contributed by atoms with Crippen molar-refractivity contribution in [3.63, 3.8) is 0 Å². The molecule has 1 aliphatic heterocycles. The Kier molecular flexibility index (Phi) is 10.6. The number of hydrogen-bond donors (Lipinski definition) is 1. The average molecular weight is 539 g/mol. The van der Waals surface area contributed by atoms with E-state index in [4.69, 9.17) is 31.3 Å². The largest absolute Gasteiger partial charge is 0.382 e. The number of alkyl halides is 1. The number of aromatic nitrogens is 4. The minimum absolute atomic E-state index is 0.0277. The van der Waals surface area contributed by atoms with E-state index in [2.05, 4.69) is 15.0 Å². The molecule has 2 aromatic rings. The van der Waals surface area contributed by atoms with Gasteiger partial charge in [0.15, 0.2) is 11.5 Å². The summed E-state index contributed by atoms with van der Waals surface area (Å²) in [6.45, 7) is 3.00. The van der Waals surface area contributed by atoms with E-state index in [9.17, 15) is 4.57 Å². The van der Waals surface area contributed by atoms with Gasteiger partial charge in [-0.2, -0.15) is 0 Å². The van der Waals surface area contributed by atoms with Crippen molar-refractivity contribution in [1.82, 2.24) is 24.2 Å². The normalized spacial score (nSPS) is 22.0. The van der Waals surface area contributed by atoms with Gasteiger partial charge in [-0.05, 0) is 26.8 Å². The molecule has 33 heavy (non-hydrogen) atoms. The number of anilines is 1. The topological polar surface area (TPSA) is 118 Å². The zero-order valence-corrected chi connectivity index (χ0v) is 22.4. The van der Waals surface area contributed by atoms with Crippen LogP contribution in [-0.4, -0.2) is 86.9 Å². The van der Waals surface area contributed by atoms with E-state index < -0.39 is 7.52 Å². The molecule has 0 amide bonds. The predicted molar refractivity (Wildman–Crippen MR) is 136 cm³/mol. The van der Waals surface area contributed by atoms with Crippen LogP contribution in [0.2, 0.25) is 0 Å². The zero-order valence-electron chi connectivity index (χ0n) is 19.1.